The first kappa shape index (κ1) is 16.8. The number of fused-ring (bicyclic) bond motifs is 1. The number of carbonyl (C=O) groups excluding carboxylic acids is 2. The number of nitrogens with one attached hydrogen (secondary N) is 1. The van der Waals surface area contributed by atoms with Crippen LogP contribution in [0.2, 0.25) is 0 Å². The standard InChI is InChI=1S/C19H19NO5/c1-23-19(22)15-5-2-13(3-6-15)12-20-18(21)11-14-4-7-16-17(10-14)25-9-8-24-16/h2-7,10H,8-9,11-12H2,1H3,(H,20,21). The monoisotopic (exact) mass is 341 g/mol. The topological polar surface area (TPSA) is 73.9 Å². The molecule has 0 spiro atoms. The molecule has 0 radical (unpaired) electrons. The molecule has 1 aliphatic heterocycles. The third-order valence-corrected chi connectivity index (χ3v) is 3.84. The first-order valence-corrected chi connectivity index (χ1v) is 7.98. The minimum atomic E-state index is -0.380. The highest BCUT2D eigenvalue weighted by Gasteiger charge is 2.13. The molecule has 6 nitrogen and oxygen atoms in total. The quantitative estimate of drug-likeness (QED) is 0.843. The van der Waals surface area contributed by atoms with Gasteiger partial charge in [-0.3, -0.25) is 4.79 Å². The molecule has 0 fully saturated rings. The average Bonchev–Trinajstić information content (AvgIpc) is 2.66. The molecule has 1 heterocycles. The van der Waals surface area contributed by atoms with Crippen molar-refractivity contribution in [3.63, 3.8) is 0 Å². The first-order chi connectivity index (χ1) is 12.2. The molecule has 0 saturated carbocycles. The zero-order valence-electron chi connectivity index (χ0n) is 13.9. The molecule has 1 amide bonds. The summed E-state index contributed by atoms with van der Waals surface area (Å²) in [4.78, 5) is 23.5. The normalized spacial score (nSPS) is 12.4. The molecule has 2 aromatic rings. The van der Waals surface area contributed by atoms with E-state index >= 15 is 0 Å². The van der Waals surface area contributed by atoms with E-state index in [2.05, 4.69) is 10.1 Å². The van der Waals surface area contributed by atoms with Crippen LogP contribution in [-0.2, 0) is 22.5 Å². The van der Waals surface area contributed by atoms with Gasteiger partial charge in [0.1, 0.15) is 13.2 Å². The number of methoxy groups -OCH3 is 1. The van der Waals surface area contributed by atoms with Gasteiger partial charge in [-0.05, 0) is 35.4 Å². The van der Waals surface area contributed by atoms with Gasteiger partial charge in [-0.15, -0.1) is 0 Å². The van der Waals surface area contributed by atoms with Crippen molar-refractivity contribution in [2.24, 2.45) is 0 Å². The summed E-state index contributed by atoms with van der Waals surface area (Å²) in [5.41, 5.74) is 2.25. The van der Waals surface area contributed by atoms with Crippen LogP contribution in [0.5, 0.6) is 11.5 Å². The molecular weight excluding hydrogens is 322 g/mol. The maximum atomic E-state index is 12.1. The second-order valence-electron chi connectivity index (χ2n) is 5.62. The lowest BCUT2D eigenvalue weighted by Crippen LogP contribution is -2.24. The number of benzene rings is 2. The minimum Gasteiger partial charge on any atom is -0.486 e. The lowest BCUT2D eigenvalue weighted by Gasteiger charge is -2.18. The largest absolute Gasteiger partial charge is 0.486 e. The number of esters is 1. The van der Waals surface area contributed by atoms with Crippen LogP contribution in [0.3, 0.4) is 0 Å². The van der Waals surface area contributed by atoms with Gasteiger partial charge in [0.2, 0.25) is 5.91 Å². The molecule has 1 aliphatic rings. The summed E-state index contributed by atoms with van der Waals surface area (Å²) in [5.74, 6) is 0.916. The molecule has 130 valence electrons. The molecule has 0 unspecified atom stereocenters. The van der Waals surface area contributed by atoms with Crippen molar-refractivity contribution in [2.75, 3.05) is 20.3 Å². The van der Waals surface area contributed by atoms with E-state index in [1.54, 1.807) is 24.3 Å². The van der Waals surface area contributed by atoms with E-state index in [1.165, 1.54) is 7.11 Å². The lowest BCUT2D eigenvalue weighted by molar-refractivity contribution is -0.120. The Morgan fingerprint density at radius 3 is 2.40 bits per heavy atom. The molecule has 2 aromatic carbocycles. The molecule has 6 heteroatoms. The van der Waals surface area contributed by atoms with Gasteiger partial charge in [0.15, 0.2) is 11.5 Å². The highest BCUT2D eigenvalue weighted by Crippen LogP contribution is 2.30. The Hall–Kier alpha value is -3.02. The van der Waals surface area contributed by atoms with Gasteiger partial charge in [-0.2, -0.15) is 0 Å². The number of rotatable bonds is 5. The number of hydrogen-bond acceptors (Lipinski definition) is 5. The number of hydrogen-bond donors (Lipinski definition) is 1. The van der Waals surface area contributed by atoms with E-state index in [-0.39, 0.29) is 18.3 Å². The highest BCUT2D eigenvalue weighted by atomic mass is 16.6. The molecule has 0 aromatic heterocycles. The van der Waals surface area contributed by atoms with Crippen molar-refractivity contribution in [3.8, 4) is 11.5 Å². The van der Waals surface area contributed by atoms with E-state index in [0.717, 1.165) is 11.1 Å². The van der Waals surface area contributed by atoms with Crippen LogP contribution in [-0.4, -0.2) is 32.2 Å². The summed E-state index contributed by atoms with van der Waals surface area (Å²) in [6, 6.07) is 12.4. The van der Waals surface area contributed by atoms with Crippen LogP contribution in [0.25, 0.3) is 0 Å². The predicted octanol–water partition coefficient (Wildman–Crippen LogP) is 2.10. The van der Waals surface area contributed by atoms with Crippen molar-refractivity contribution >= 4 is 11.9 Å². The first-order valence-electron chi connectivity index (χ1n) is 7.98. The fourth-order valence-electron chi connectivity index (χ4n) is 2.52. The zero-order valence-corrected chi connectivity index (χ0v) is 13.9. The Morgan fingerprint density at radius 1 is 1.00 bits per heavy atom. The van der Waals surface area contributed by atoms with Crippen molar-refractivity contribution in [2.45, 2.75) is 13.0 Å². The predicted molar refractivity (Wildman–Crippen MR) is 90.8 cm³/mol. The Labute approximate surface area is 145 Å². The minimum absolute atomic E-state index is 0.0891. The van der Waals surface area contributed by atoms with Gasteiger partial charge < -0.3 is 19.5 Å². The highest BCUT2D eigenvalue weighted by molar-refractivity contribution is 5.89. The summed E-state index contributed by atoms with van der Waals surface area (Å²) in [6.07, 6.45) is 0.261. The average molecular weight is 341 g/mol. The summed E-state index contributed by atoms with van der Waals surface area (Å²) in [7, 11) is 1.34. The number of amides is 1. The maximum Gasteiger partial charge on any atom is 0.337 e. The summed E-state index contributed by atoms with van der Waals surface area (Å²) in [5, 5.41) is 2.86. The van der Waals surface area contributed by atoms with Crippen molar-refractivity contribution in [3.05, 3.63) is 59.2 Å². The van der Waals surface area contributed by atoms with E-state index in [1.807, 2.05) is 18.2 Å². The second kappa shape index (κ2) is 7.70. The Morgan fingerprint density at radius 2 is 1.68 bits per heavy atom. The Balaban J connectivity index is 1.53. The fraction of sp³-hybridized carbons (Fsp3) is 0.263. The van der Waals surface area contributed by atoms with Crippen molar-refractivity contribution in [1.82, 2.24) is 5.32 Å². The van der Waals surface area contributed by atoms with Crippen LogP contribution in [0.1, 0.15) is 21.5 Å². The van der Waals surface area contributed by atoms with Gasteiger partial charge in [-0.1, -0.05) is 18.2 Å². The SMILES string of the molecule is COC(=O)c1ccc(CNC(=O)Cc2ccc3c(c2)OCCO3)cc1. The second-order valence-corrected chi connectivity index (χ2v) is 5.62. The molecule has 25 heavy (non-hydrogen) atoms. The Kier molecular flexibility index (Phi) is 5.18. The lowest BCUT2D eigenvalue weighted by atomic mass is 10.1. The zero-order chi connectivity index (χ0) is 17.6. The van der Waals surface area contributed by atoms with E-state index in [4.69, 9.17) is 9.47 Å². The number of carbonyl (C=O) groups is 2. The van der Waals surface area contributed by atoms with Crippen molar-refractivity contribution in [1.29, 1.82) is 0 Å². The van der Waals surface area contributed by atoms with E-state index < -0.39 is 0 Å². The molecule has 3 rings (SSSR count). The van der Waals surface area contributed by atoms with Gasteiger partial charge in [0, 0.05) is 6.54 Å². The summed E-state index contributed by atoms with van der Waals surface area (Å²) in [6.45, 7) is 1.46. The number of ether oxygens (including phenoxy) is 3. The van der Waals surface area contributed by atoms with Gasteiger partial charge in [0.25, 0.3) is 0 Å². The fourth-order valence-corrected chi connectivity index (χ4v) is 2.52. The van der Waals surface area contributed by atoms with Crippen LogP contribution in [0, 0.1) is 0 Å². The van der Waals surface area contributed by atoms with Crippen LogP contribution in [0.15, 0.2) is 42.5 Å². The molecule has 0 aliphatic carbocycles. The molecule has 0 bridgehead atoms. The summed E-state index contributed by atoms with van der Waals surface area (Å²) >= 11 is 0. The molecule has 0 atom stereocenters. The third-order valence-electron chi connectivity index (χ3n) is 3.84. The summed E-state index contributed by atoms with van der Waals surface area (Å²) < 4.78 is 15.6. The smallest absolute Gasteiger partial charge is 0.337 e. The molecule has 1 N–H and O–H groups in total. The molecular formula is C19H19NO5. The van der Waals surface area contributed by atoms with E-state index in [0.29, 0.717) is 36.8 Å². The van der Waals surface area contributed by atoms with Gasteiger partial charge >= 0.3 is 5.97 Å². The van der Waals surface area contributed by atoms with E-state index in [9.17, 15) is 9.59 Å². The van der Waals surface area contributed by atoms with Crippen LogP contribution < -0.4 is 14.8 Å². The van der Waals surface area contributed by atoms with Crippen molar-refractivity contribution < 1.29 is 23.8 Å². The molecule has 0 saturated heterocycles. The van der Waals surface area contributed by atoms with Gasteiger partial charge in [-0.25, -0.2) is 4.79 Å². The Bertz CT molecular complexity index is 770. The maximum absolute atomic E-state index is 12.1. The third kappa shape index (κ3) is 4.29. The van der Waals surface area contributed by atoms with Gasteiger partial charge in [0.05, 0.1) is 19.1 Å². The van der Waals surface area contributed by atoms with Crippen LogP contribution >= 0.6 is 0 Å². The van der Waals surface area contributed by atoms with Crippen LogP contribution in [0.4, 0.5) is 0 Å².